The highest BCUT2D eigenvalue weighted by molar-refractivity contribution is 7.45. The van der Waals surface area contributed by atoms with Crippen molar-refractivity contribution < 1.29 is 32.9 Å². The first-order chi connectivity index (χ1) is 39.5. The normalized spacial score (nSPS) is 14.5. The Balaban J connectivity index is 4.12. The molecule has 2 N–H and O–H groups in total. The Hall–Kier alpha value is -3.10. The van der Waals surface area contributed by atoms with E-state index in [9.17, 15) is 19.4 Å². The van der Waals surface area contributed by atoms with Crippen LogP contribution in [0.2, 0.25) is 0 Å². The van der Waals surface area contributed by atoms with Crippen LogP contribution in [-0.2, 0) is 18.4 Å². The molecule has 0 aromatic heterocycles. The minimum Gasteiger partial charge on any atom is -0.756 e. The number of aliphatic hydroxyl groups excluding tert-OH is 1. The van der Waals surface area contributed by atoms with Crippen LogP contribution in [0, 0.1) is 0 Å². The van der Waals surface area contributed by atoms with Crippen LogP contribution in [0.1, 0.15) is 277 Å². The number of nitrogens with one attached hydrogen (secondary N) is 1. The molecule has 3 unspecified atom stereocenters. The fraction of sp³-hybridized carbons (Fsp3) is 0.708. The lowest BCUT2D eigenvalue weighted by atomic mass is 10.0. The molecule has 0 rings (SSSR count). The summed E-state index contributed by atoms with van der Waals surface area (Å²) in [5, 5.41) is 14.1. The highest BCUT2D eigenvalue weighted by Crippen LogP contribution is 2.38. The van der Waals surface area contributed by atoms with Crippen LogP contribution in [0.25, 0.3) is 0 Å². The van der Waals surface area contributed by atoms with Gasteiger partial charge in [-0.25, -0.2) is 0 Å². The molecule has 9 heteroatoms. The number of phosphoric acid groups is 1. The Bertz CT molecular complexity index is 1730. The summed E-state index contributed by atoms with van der Waals surface area (Å²) in [6, 6.07) is -0.814. The zero-order chi connectivity index (χ0) is 59.1. The van der Waals surface area contributed by atoms with Crippen molar-refractivity contribution in [2.75, 3.05) is 40.9 Å². The number of phosphoric ester groups is 1. The Morgan fingerprint density at radius 2 is 0.753 bits per heavy atom. The van der Waals surface area contributed by atoms with Crippen molar-refractivity contribution in [2.45, 2.75) is 289 Å². The SMILES string of the molecule is CC/C=C\C/C=C\C/C=C\C/C=C\C/C=C\C/C=C\C/C=C\C/C=C\C/C=C\C/C=C\CCCCCCCCCCC(=O)NC(COP(=O)([O-])OCC[N+](C)(C)C)C(O)CCCCCCCCCCCCCCCCCCCCCC. The smallest absolute Gasteiger partial charge is 0.268 e. The molecule has 0 fully saturated rings. The molecule has 0 saturated carbocycles. The number of carbonyl (C=O) groups is 1. The summed E-state index contributed by atoms with van der Waals surface area (Å²) >= 11 is 0. The van der Waals surface area contributed by atoms with Gasteiger partial charge >= 0.3 is 0 Å². The summed E-state index contributed by atoms with van der Waals surface area (Å²) in [4.78, 5) is 25.6. The average molecular weight is 1150 g/mol. The van der Waals surface area contributed by atoms with Gasteiger partial charge in [0, 0.05) is 6.42 Å². The molecule has 8 nitrogen and oxygen atoms in total. The maximum absolute atomic E-state index is 13.0. The van der Waals surface area contributed by atoms with Gasteiger partial charge in [-0.3, -0.25) is 9.36 Å². The van der Waals surface area contributed by atoms with E-state index in [4.69, 9.17) is 9.05 Å². The summed E-state index contributed by atoms with van der Waals surface area (Å²) in [5.74, 6) is -0.175. The molecule has 1 amide bonds. The van der Waals surface area contributed by atoms with Crippen molar-refractivity contribution >= 4 is 13.7 Å². The molecule has 0 saturated heterocycles. The first-order valence-corrected chi connectivity index (χ1v) is 34.8. The van der Waals surface area contributed by atoms with Crippen LogP contribution in [-0.4, -0.2) is 68.5 Å². The molecule has 0 aromatic rings. The second kappa shape index (κ2) is 61.5. The second-order valence-corrected chi connectivity index (χ2v) is 24.9. The third-order valence-corrected chi connectivity index (χ3v) is 15.4. The van der Waals surface area contributed by atoms with Gasteiger partial charge in [-0.05, 0) is 89.9 Å². The van der Waals surface area contributed by atoms with Crippen LogP contribution >= 0.6 is 7.82 Å². The molecule has 466 valence electrons. The molecule has 0 aliphatic heterocycles. The van der Waals surface area contributed by atoms with E-state index in [1.54, 1.807) is 0 Å². The molecule has 81 heavy (non-hydrogen) atoms. The number of hydrogen-bond acceptors (Lipinski definition) is 6. The number of aliphatic hydroxyl groups is 1. The second-order valence-electron chi connectivity index (χ2n) is 23.4. The van der Waals surface area contributed by atoms with E-state index >= 15 is 0 Å². The molecule has 3 atom stereocenters. The molecule has 0 aliphatic rings. The summed E-state index contributed by atoms with van der Waals surface area (Å²) in [5.41, 5.74) is 0. The third-order valence-electron chi connectivity index (χ3n) is 14.5. The zero-order valence-corrected chi connectivity index (χ0v) is 54.1. The van der Waals surface area contributed by atoms with Gasteiger partial charge in [-0.2, -0.15) is 0 Å². The molecule has 0 aliphatic carbocycles. The molecule has 0 aromatic carbocycles. The van der Waals surface area contributed by atoms with Gasteiger partial charge in [0.1, 0.15) is 13.2 Å². The molecule has 0 heterocycles. The van der Waals surface area contributed by atoms with E-state index in [-0.39, 0.29) is 19.1 Å². The Kier molecular flexibility index (Phi) is 59.1. The van der Waals surface area contributed by atoms with Crippen LogP contribution < -0.4 is 10.2 Å². The van der Waals surface area contributed by atoms with Crippen LogP contribution in [0.4, 0.5) is 0 Å². The molecule has 0 radical (unpaired) electrons. The van der Waals surface area contributed by atoms with Crippen molar-refractivity contribution in [1.29, 1.82) is 0 Å². The standard InChI is InChI=1S/C72H127N2O6P/c1-6-8-10-12-14-16-18-20-22-24-26-28-29-30-31-32-33-34-35-36-37-38-39-40-41-42-43-44-45-46-48-50-52-54-56-58-60-62-64-66-72(76)73-70(69-80-81(77,78)79-68-67-74(3,4)5)71(75)65-63-61-59-57-55-53-51-49-47-27-25-23-21-19-17-15-13-11-9-7-2/h8,10,14,16,20,22,26,28,30-31,33-34,36-37,39-40,42-43,45-46,70-71,75H,6-7,9,11-13,15,17-19,21,23-25,27,29,32,35,38,41,44,47-69H2,1-5H3,(H-,73,76,77,78)/b10-8-,16-14-,22-20-,28-26-,31-30-,34-33-,37-36-,40-39-,43-42-,46-45-. The van der Waals surface area contributed by atoms with E-state index < -0.39 is 20.0 Å². The molecular formula is C72H127N2O6P. The first kappa shape index (κ1) is 77.9. The monoisotopic (exact) mass is 1150 g/mol. The fourth-order valence-corrected chi connectivity index (χ4v) is 10.0. The molecular weight excluding hydrogens is 1020 g/mol. The van der Waals surface area contributed by atoms with E-state index in [2.05, 4.69) is 141 Å². The summed E-state index contributed by atoms with van der Waals surface area (Å²) < 4.78 is 23.5. The number of nitrogens with zero attached hydrogens (tertiary/aromatic N) is 1. The maximum atomic E-state index is 13.0. The van der Waals surface area contributed by atoms with Gasteiger partial charge in [0.2, 0.25) is 5.91 Å². The summed E-state index contributed by atoms with van der Waals surface area (Å²) in [7, 11) is 1.29. The van der Waals surface area contributed by atoms with Gasteiger partial charge in [0.15, 0.2) is 0 Å². The topological polar surface area (TPSA) is 108 Å². The number of rotatable bonds is 60. The lowest BCUT2D eigenvalue weighted by molar-refractivity contribution is -0.870. The third kappa shape index (κ3) is 64.3. The van der Waals surface area contributed by atoms with Crippen molar-refractivity contribution in [2.24, 2.45) is 0 Å². The van der Waals surface area contributed by atoms with Crippen LogP contribution in [0.3, 0.4) is 0 Å². The maximum Gasteiger partial charge on any atom is 0.268 e. The lowest BCUT2D eigenvalue weighted by Crippen LogP contribution is -2.46. The number of likely N-dealkylation sites (N-methyl/N-ethyl adjacent to an activating group) is 1. The number of allylic oxidation sites excluding steroid dienone is 20. The van der Waals surface area contributed by atoms with E-state index in [0.717, 1.165) is 109 Å². The van der Waals surface area contributed by atoms with Crippen molar-refractivity contribution in [1.82, 2.24) is 5.32 Å². The van der Waals surface area contributed by atoms with Crippen LogP contribution in [0.15, 0.2) is 122 Å². The lowest BCUT2D eigenvalue weighted by Gasteiger charge is -2.30. The Morgan fingerprint density at radius 3 is 1.10 bits per heavy atom. The van der Waals surface area contributed by atoms with Gasteiger partial charge in [-0.15, -0.1) is 0 Å². The molecule has 0 spiro atoms. The van der Waals surface area contributed by atoms with Crippen LogP contribution in [0.5, 0.6) is 0 Å². The van der Waals surface area contributed by atoms with Gasteiger partial charge < -0.3 is 28.8 Å². The minimum atomic E-state index is -4.59. The highest BCUT2D eigenvalue weighted by atomic mass is 31.2. The van der Waals surface area contributed by atoms with Crippen molar-refractivity contribution in [3.05, 3.63) is 122 Å². The van der Waals surface area contributed by atoms with Gasteiger partial charge in [0.25, 0.3) is 7.82 Å². The predicted octanol–water partition coefficient (Wildman–Crippen LogP) is 20.6. The van der Waals surface area contributed by atoms with Gasteiger partial charge in [-0.1, -0.05) is 302 Å². The zero-order valence-electron chi connectivity index (χ0n) is 53.2. The van der Waals surface area contributed by atoms with E-state index in [1.165, 1.54) is 141 Å². The summed E-state index contributed by atoms with van der Waals surface area (Å²) in [6.07, 6.45) is 91.1. The number of amides is 1. The number of carbonyl (C=O) groups excluding carboxylic acids is 1. The average Bonchev–Trinajstić information content (AvgIpc) is 3.43. The number of unbranched alkanes of at least 4 members (excludes halogenated alkanes) is 27. The summed E-state index contributed by atoms with van der Waals surface area (Å²) in [6.45, 7) is 4.61. The van der Waals surface area contributed by atoms with Crippen molar-refractivity contribution in [3.8, 4) is 0 Å². The fourth-order valence-electron chi connectivity index (χ4n) is 9.31. The van der Waals surface area contributed by atoms with Gasteiger partial charge in [0.05, 0.1) is 39.9 Å². The quantitative estimate of drug-likeness (QED) is 0.0272. The Morgan fingerprint density at radius 1 is 0.444 bits per heavy atom. The van der Waals surface area contributed by atoms with Crippen molar-refractivity contribution in [3.63, 3.8) is 0 Å². The minimum absolute atomic E-state index is 0.00537. The number of hydrogen-bond donors (Lipinski definition) is 2. The number of quaternary nitrogens is 1. The largest absolute Gasteiger partial charge is 0.756 e. The Labute approximate surface area is 501 Å². The predicted molar refractivity (Wildman–Crippen MR) is 352 cm³/mol. The highest BCUT2D eigenvalue weighted by Gasteiger charge is 2.24. The first-order valence-electron chi connectivity index (χ1n) is 33.4. The van der Waals surface area contributed by atoms with E-state index in [0.29, 0.717) is 23.9 Å². The molecule has 0 bridgehead atoms. The van der Waals surface area contributed by atoms with E-state index in [1.807, 2.05) is 21.1 Å².